The van der Waals surface area contributed by atoms with E-state index in [9.17, 15) is 14.4 Å². The molecule has 8 nitrogen and oxygen atoms in total. The van der Waals surface area contributed by atoms with Gasteiger partial charge in [-0.25, -0.2) is 4.79 Å². The molecule has 172 valence electrons. The number of hydrogen-bond donors (Lipinski definition) is 1. The van der Waals surface area contributed by atoms with E-state index in [0.29, 0.717) is 46.0 Å². The second kappa shape index (κ2) is 9.46. The molecule has 1 heterocycles. The van der Waals surface area contributed by atoms with Gasteiger partial charge in [-0.3, -0.25) is 9.59 Å². The molecule has 0 bridgehead atoms. The summed E-state index contributed by atoms with van der Waals surface area (Å²) in [4.78, 5) is 39.1. The molecule has 32 heavy (non-hydrogen) atoms. The van der Waals surface area contributed by atoms with E-state index < -0.39 is 23.8 Å². The van der Waals surface area contributed by atoms with E-state index in [1.54, 1.807) is 32.0 Å². The molecular formula is C24H29NO7. The van der Waals surface area contributed by atoms with E-state index in [4.69, 9.17) is 18.9 Å². The number of carbonyl (C=O) groups is 3. The first-order chi connectivity index (χ1) is 15.3. The summed E-state index contributed by atoms with van der Waals surface area (Å²) in [6.07, 6.45) is 0.470. The van der Waals surface area contributed by atoms with Gasteiger partial charge in [0.15, 0.2) is 17.3 Å². The molecular weight excluding hydrogens is 414 g/mol. The van der Waals surface area contributed by atoms with Crippen LogP contribution < -0.4 is 14.8 Å². The minimum Gasteiger partial charge on any atom is -0.493 e. The molecule has 3 rings (SSSR count). The molecule has 0 unspecified atom stereocenters. The minimum atomic E-state index is -0.940. The summed E-state index contributed by atoms with van der Waals surface area (Å²) in [7, 11) is 4.32. The zero-order chi connectivity index (χ0) is 23.6. The minimum absolute atomic E-state index is 0.190. The quantitative estimate of drug-likeness (QED) is 0.529. The van der Waals surface area contributed by atoms with E-state index in [2.05, 4.69) is 5.32 Å². The monoisotopic (exact) mass is 443 g/mol. The molecule has 3 atom stereocenters. The summed E-state index contributed by atoms with van der Waals surface area (Å²) < 4.78 is 21.0. The number of rotatable bonds is 6. The summed E-state index contributed by atoms with van der Waals surface area (Å²) in [6, 6.07) is 5.25. The van der Waals surface area contributed by atoms with Gasteiger partial charge in [0.1, 0.15) is 5.92 Å². The van der Waals surface area contributed by atoms with Crippen LogP contribution in [0.1, 0.15) is 38.7 Å². The summed E-state index contributed by atoms with van der Waals surface area (Å²) in [5.41, 5.74) is 2.67. The summed E-state index contributed by atoms with van der Waals surface area (Å²) >= 11 is 0. The molecule has 1 aromatic rings. The van der Waals surface area contributed by atoms with Gasteiger partial charge in [0, 0.05) is 22.9 Å². The predicted octanol–water partition coefficient (Wildman–Crippen LogP) is 2.88. The highest BCUT2D eigenvalue weighted by molar-refractivity contribution is 6.12. The molecule has 1 aliphatic heterocycles. The molecule has 1 aliphatic carbocycles. The van der Waals surface area contributed by atoms with E-state index in [1.165, 1.54) is 21.3 Å². The average molecular weight is 443 g/mol. The third kappa shape index (κ3) is 3.97. The zero-order valence-electron chi connectivity index (χ0n) is 19.2. The van der Waals surface area contributed by atoms with Crippen LogP contribution in [0.25, 0.3) is 0 Å². The Morgan fingerprint density at radius 2 is 1.81 bits per heavy atom. The highest BCUT2D eigenvalue weighted by atomic mass is 16.5. The summed E-state index contributed by atoms with van der Waals surface area (Å²) in [5.74, 6) is -2.38. The average Bonchev–Trinajstić information content (AvgIpc) is 2.77. The Bertz CT molecular complexity index is 1010. The van der Waals surface area contributed by atoms with Crippen molar-refractivity contribution in [3.8, 4) is 11.5 Å². The molecule has 1 N–H and O–H groups in total. The first kappa shape index (κ1) is 23.4. The van der Waals surface area contributed by atoms with Crippen LogP contribution in [0.3, 0.4) is 0 Å². The molecule has 0 aromatic heterocycles. The van der Waals surface area contributed by atoms with Gasteiger partial charge < -0.3 is 24.3 Å². The predicted molar refractivity (Wildman–Crippen MR) is 116 cm³/mol. The van der Waals surface area contributed by atoms with Gasteiger partial charge in [0.2, 0.25) is 0 Å². The van der Waals surface area contributed by atoms with Crippen molar-refractivity contribution in [2.45, 2.75) is 33.1 Å². The van der Waals surface area contributed by atoms with Crippen LogP contribution in [0.15, 0.2) is 40.7 Å². The molecule has 2 aliphatic rings. The maximum atomic E-state index is 13.6. The lowest BCUT2D eigenvalue weighted by molar-refractivity contribution is -0.151. The lowest BCUT2D eigenvalue weighted by atomic mass is 9.69. The fourth-order valence-corrected chi connectivity index (χ4v) is 4.53. The standard InChI is InChI=1S/C24H29NO7/c1-7-32-24(28)19-13(3)25-15-10-12(2)18(23(27)31-6)22(26)21(15)20(19)14-8-9-16(29-4)17(11-14)30-5/h8-9,11-12,18,20,25H,7,10H2,1-6H3/t12-,18-,20-/m0/s1. The molecule has 0 amide bonds. The van der Waals surface area contributed by atoms with Crippen molar-refractivity contribution in [2.75, 3.05) is 27.9 Å². The molecule has 0 fully saturated rings. The topological polar surface area (TPSA) is 100 Å². The summed E-state index contributed by atoms with van der Waals surface area (Å²) in [5, 5.41) is 3.23. The Kier molecular flexibility index (Phi) is 6.91. The number of allylic oxidation sites excluding steroid dienone is 3. The number of dihydropyridines is 1. The highest BCUT2D eigenvalue weighted by Crippen LogP contribution is 2.46. The van der Waals surface area contributed by atoms with Gasteiger partial charge in [-0.1, -0.05) is 13.0 Å². The van der Waals surface area contributed by atoms with Crippen molar-refractivity contribution in [2.24, 2.45) is 11.8 Å². The molecule has 0 radical (unpaired) electrons. The van der Waals surface area contributed by atoms with Crippen LogP contribution in [0.4, 0.5) is 0 Å². The van der Waals surface area contributed by atoms with Crippen molar-refractivity contribution < 1.29 is 33.3 Å². The van der Waals surface area contributed by atoms with Gasteiger partial charge in [0.25, 0.3) is 0 Å². The lowest BCUT2D eigenvalue weighted by Crippen LogP contribution is -2.43. The van der Waals surface area contributed by atoms with Crippen molar-refractivity contribution in [1.82, 2.24) is 5.32 Å². The van der Waals surface area contributed by atoms with Crippen LogP contribution in [0, 0.1) is 11.8 Å². The second-order valence-electron chi connectivity index (χ2n) is 7.87. The molecule has 0 saturated carbocycles. The Labute approximate surface area is 187 Å². The number of ketones is 1. The lowest BCUT2D eigenvalue weighted by Gasteiger charge is -2.38. The van der Waals surface area contributed by atoms with Gasteiger partial charge >= 0.3 is 11.9 Å². The van der Waals surface area contributed by atoms with Crippen molar-refractivity contribution in [3.05, 3.63) is 46.3 Å². The Balaban J connectivity index is 2.23. The van der Waals surface area contributed by atoms with Crippen molar-refractivity contribution in [1.29, 1.82) is 0 Å². The molecule has 0 spiro atoms. The number of Topliss-reactive ketones (excluding diaryl/α,β-unsaturated/α-hetero) is 1. The van der Waals surface area contributed by atoms with E-state index in [0.717, 1.165) is 0 Å². The third-order valence-corrected chi connectivity index (χ3v) is 5.98. The van der Waals surface area contributed by atoms with E-state index in [1.807, 2.05) is 6.92 Å². The van der Waals surface area contributed by atoms with Gasteiger partial charge in [-0.15, -0.1) is 0 Å². The number of benzene rings is 1. The van der Waals surface area contributed by atoms with E-state index >= 15 is 0 Å². The van der Waals surface area contributed by atoms with E-state index in [-0.39, 0.29) is 18.3 Å². The second-order valence-corrected chi connectivity index (χ2v) is 7.87. The van der Waals surface area contributed by atoms with Gasteiger partial charge in [0.05, 0.1) is 33.5 Å². The maximum Gasteiger partial charge on any atom is 0.336 e. The van der Waals surface area contributed by atoms with Crippen molar-refractivity contribution >= 4 is 17.7 Å². The van der Waals surface area contributed by atoms with Gasteiger partial charge in [-0.05, 0) is 43.9 Å². The molecule has 1 aromatic carbocycles. The number of carbonyl (C=O) groups excluding carboxylic acids is 3. The fraction of sp³-hybridized carbons (Fsp3) is 0.458. The Morgan fingerprint density at radius 1 is 1.12 bits per heavy atom. The highest BCUT2D eigenvalue weighted by Gasteiger charge is 2.47. The first-order valence-corrected chi connectivity index (χ1v) is 10.5. The van der Waals surface area contributed by atoms with Crippen LogP contribution in [0.5, 0.6) is 11.5 Å². The maximum absolute atomic E-state index is 13.6. The number of hydrogen-bond acceptors (Lipinski definition) is 8. The van der Waals surface area contributed by atoms with Crippen LogP contribution in [0.2, 0.25) is 0 Å². The third-order valence-electron chi connectivity index (χ3n) is 5.98. The normalized spacial score (nSPS) is 22.7. The van der Waals surface area contributed by atoms with Crippen LogP contribution in [-0.2, 0) is 23.9 Å². The smallest absolute Gasteiger partial charge is 0.336 e. The van der Waals surface area contributed by atoms with Crippen LogP contribution >= 0.6 is 0 Å². The molecule has 8 heteroatoms. The first-order valence-electron chi connectivity index (χ1n) is 10.5. The largest absolute Gasteiger partial charge is 0.493 e. The van der Waals surface area contributed by atoms with Crippen LogP contribution in [-0.4, -0.2) is 45.7 Å². The van der Waals surface area contributed by atoms with Gasteiger partial charge in [-0.2, -0.15) is 0 Å². The summed E-state index contributed by atoms with van der Waals surface area (Å²) in [6.45, 7) is 5.54. The number of nitrogens with one attached hydrogen (secondary N) is 1. The Hall–Kier alpha value is -3.29. The molecule has 0 saturated heterocycles. The number of methoxy groups -OCH3 is 3. The Morgan fingerprint density at radius 3 is 2.41 bits per heavy atom. The van der Waals surface area contributed by atoms with Crippen molar-refractivity contribution in [3.63, 3.8) is 0 Å². The number of esters is 2. The zero-order valence-corrected chi connectivity index (χ0v) is 19.2. The number of ether oxygens (including phenoxy) is 4. The SMILES string of the molecule is CCOC(=O)C1=C(C)NC2=C(C(=O)[C@@H](C(=O)OC)[C@@H](C)C2)[C@H]1c1ccc(OC)c(OC)c1. The fourth-order valence-electron chi connectivity index (χ4n) is 4.53.